The molecule has 2 rings (SSSR count). The predicted molar refractivity (Wildman–Crippen MR) is 42.3 cm³/mol. The van der Waals surface area contributed by atoms with Crippen LogP contribution in [0.25, 0.3) is 0 Å². The monoisotopic (exact) mass is 149 g/mol. The fourth-order valence-corrected chi connectivity index (χ4v) is 1.06. The molecule has 0 radical (unpaired) electrons. The Kier molecular flexibility index (Phi) is 1.26. The average Bonchev–Trinajstić information content (AvgIpc) is 2.70. The molecule has 0 spiro atoms. The zero-order chi connectivity index (χ0) is 7.90. The first-order valence-corrected chi connectivity index (χ1v) is 3.78. The molecule has 0 aromatic carbocycles. The van der Waals surface area contributed by atoms with Crippen molar-refractivity contribution in [2.75, 3.05) is 6.61 Å². The molecule has 1 aliphatic rings. The Hall–Kier alpha value is -0.890. The van der Waals surface area contributed by atoms with Crippen molar-refractivity contribution in [2.45, 2.75) is 19.4 Å². The second-order valence-electron chi connectivity index (χ2n) is 3.21. The predicted octanol–water partition coefficient (Wildman–Crippen LogP) is 1.64. The number of hydrogen-bond acceptors (Lipinski definition) is 2. The van der Waals surface area contributed by atoms with Gasteiger partial charge in [0.05, 0.1) is 6.61 Å². The minimum Gasteiger partial charge on any atom is -0.365 e. The van der Waals surface area contributed by atoms with Crippen LogP contribution in [0.5, 0.6) is 0 Å². The van der Waals surface area contributed by atoms with Crippen LogP contribution >= 0.6 is 0 Å². The Labute approximate surface area is 66.2 Å². The van der Waals surface area contributed by atoms with Gasteiger partial charge in [0.1, 0.15) is 5.60 Å². The van der Waals surface area contributed by atoms with E-state index in [1.54, 1.807) is 0 Å². The normalized spacial score (nSPS) is 28.5. The van der Waals surface area contributed by atoms with Crippen LogP contribution in [0.2, 0.25) is 0 Å². The van der Waals surface area contributed by atoms with Gasteiger partial charge >= 0.3 is 0 Å². The largest absolute Gasteiger partial charge is 0.365 e. The number of pyridine rings is 1. The molecule has 2 nitrogen and oxygen atoms in total. The Morgan fingerprint density at radius 3 is 2.73 bits per heavy atom. The number of aryl methyl sites for hydroxylation is 1. The quantitative estimate of drug-likeness (QED) is 0.567. The summed E-state index contributed by atoms with van der Waals surface area (Å²) in [4.78, 5) is 4.21. The number of aromatic nitrogens is 1. The highest BCUT2D eigenvalue weighted by Gasteiger charge is 2.41. The molecule has 11 heavy (non-hydrogen) atoms. The summed E-state index contributed by atoms with van der Waals surface area (Å²) in [6.45, 7) is 4.90. The maximum absolute atomic E-state index is 5.28. The van der Waals surface area contributed by atoms with Gasteiger partial charge in [0.25, 0.3) is 0 Å². The number of ether oxygens (including phenoxy) is 1. The smallest absolute Gasteiger partial charge is 0.115 e. The minimum absolute atomic E-state index is 0.0271. The van der Waals surface area contributed by atoms with E-state index in [2.05, 4.69) is 18.0 Å². The molecule has 0 N–H and O–H groups in total. The molecule has 1 aliphatic heterocycles. The first-order valence-electron chi connectivity index (χ1n) is 3.78. The van der Waals surface area contributed by atoms with E-state index in [9.17, 15) is 0 Å². The second-order valence-corrected chi connectivity index (χ2v) is 3.21. The van der Waals surface area contributed by atoms with Crippen LogP contribution in [0.15, 0.2) is 18.3 Å². The summed E-state index contributed by atoms with van der Waals surface area (Å²) < 4.78 is 5.28. The Bertz CT molecular complexity index is 261. The fourth-order valence-electron chi connectivity index (χ4n) is 1.06. The lowest BCUT2D eigenvalue weighted by Gasteiger charge is -2.03. The Morgan fingerprint density at radius 2 is 2.27 bits per heavy atom. The topological polar surface area (TPSA) is 25.4 Å². The van der Waals surface area contributed by atoms with Gasteiger partial charge in [-0.2, -0.15) is 0 Å². The summed E-state index contributed by atoms with van der Waals surface area (Å²) >= 11 is 0. The van der Waals surface area contributed by atoms with Gasteiger partial charge < -0.3 is 4.74 Å². The molecule has 58 valence electrons. The van der Waals surface area contributed by atoms with Crippen LogP contribution in [0.3, 0.4) is 0 Å². The molecule has 2 heteroatoms. The summed E-state index contributed by atoms with van der Waals surface area (Å²) in [6.07, 6.45) is 1.89. The van der Waals surface area contributed by atoms with Crippen molar-refractivity contribution in [2.24, 2.45) is 0 Å². The van der Waals surface area contributed by atoms with E-state index in [-0.39, 0.29) is 5.60 Å². The molecule has 2 heterocycles. The maximum atomic E-state index is 5.28. The van der Waals surface area contributed by atoms with Gasteiger partial charge in [-0.25, -0.2) is 0 Å². The van der Waals surface area contributed by atoms with E-state index < -0.39 is 0 Å². The van der Waals surface area contributed by atoms with Crippen LogP contribution in [0.4, 0.5) is 0 Å². The van der Waals surface area contributed by atoms with Crippen molar-refractivity contribution in [1.82, 2.24) is 4.98 Å². The van der Waals surface area contributed by atoms with E-state index in [1.807, 2.05) is 19.2 Å². The molecule has 0 saturated carbocycles. The van der Waals surface area contributed by atoms with Crippen molar-refractivity contribution in [1.29, 1.82) is 0 Å². The molecule has 1 atom stereocenters. The van der Waals surface area contributed by atoms with Gasteiger partial charge in [-0.15, -0.1) is 0 Å². The lowest BCUT2D eigenvalue weighted by atomic mass is 10.0. The maximum Gasteiger partial charge on any atom is 0.115 e. The number of rotatable bonds is 1. The van der Waals surface area contributed by atoms with Gasteiger partial charge in [0.15, 0.2) is 0 Å². The van der Waals surface area contributed by atoms with Gasteiger partial charge in [0.2, 0.25) is 0 Å². The number of epoxide rings is 1. The molecular weight excluding hydrogens is 138 g/mol. The molecule has 0 unspecified atom stereocenters. The summed E-state index contributed by atoms with van der Waals surface area (Å²) in [6, 6.07) is 4.09. The lowest BCUT2D eigenvalue weighted by Crippen LogP contribution is -2.02. The van der Waals surface area contributed by atoms with Gasteiger partial charge in [-0.3, -0.25) is 4.98 Å². The lowest BCUT2D eigenvalue weighted by molar-refractivity contribution is 0.329. The first kappa shape index (κ1) is 6.80. The van der Waals surface area contributed by atoms with Gasteiger partial charge in [-0.1, -0.05) is 6.07 Å². The summed E-state index contributed by atoms with van der Waals surface area (Å²) in [5.41, 5.74) is 2.21. The average molecular weight is 149 g/mol. The van der Waals surface area contributed by atoms with E-state index in [0.29, 0.717) is 0 Å². The second kappa shape index (κ2) is 2.05. The molecular formula is C9H11NO. The van der Waals surface area contributed by atoms with Crippen molar-refractivity contribution in [3.8, 4) is 0 Å². The molecule has 1 fully saturated rings. The van der Waals surface area contributed by atoms with Crippen molar-refractivity contribution in [3.63, 3.8) is 0 Å². The Balaban J connectivity index is 2.33. The SMILES string of the molecule is Cc1ccc([C@@]2(C)CO2)cn1. The molecule has 0 aliphatic carbocycles. The van der Waals surface area contributed by atoms with Crippen LogP contribution in [0, 0.1) is 6.92 Å². The minimum atomic E-state index is -0.0271. The highest BCUT2D eigenvalue weighted by molar-refractivity contribution is 5.23. The van der Waals surface area contributed by atoms with Crippen molar-refractivity contribution in [3.05, 3.63) is 29.6 Å². The molecule has 0 amide bonds. The van der Waals surface area contributed by atoms with E-state index >= 15 is 0 Å². The zero-order valence-electron chi connectivity index (χ0n) is 6.79. The summed E-state index contributed by atoms with van der Waals surface area (Å²) in [7, 11) is 0. The van der Waals surface area contributed by atoms with Crippen LogP contribution < -0.4 is 0 Å². The molecule has 1 saturated heterocycles. The highest BCUT2D eigenvalue weighted by Crippen LogP contribution is 2.37. The van der Waals surface area contributed by atoms with E-state index in [0.717, 1.165) is 12.3 Å². The molecule has 0 bridgehead atoms. The summed E-state index contributed by atoms with van der Waals surface area (Å²) in [5, 5.41) is 0. The third kappa shape index (κ3) is 1.14. The van der Waals surface area contributed by atoms with Crippen LogP contribution in [0.1, 0.15) is 18.2 Å². The van der Waals surface area contributed by atoms with E-state index in [1.165, 1.54) is 5.56 Å². The van der Waals surface area contributed by atoms with Gasteiger partial charge in [0, 0.05) is 17.5 Å². The number of nitrogens with zero attached hydrogens (tertiary/aromatic N) is 1. The highest BCUT2D eigenvalue weighted by atomic mass is 16.6. The number of hydrogen-bond donors (Lipinski definition) is 0. The third-order valence-corrected chi connectivity index (χ3v) is 2.10. The molecule has 1 aromatic rings. The third-order valence-electron chi connectivity index (χ3n) is 2.10. The molecule has 1 aromatic heterocycles. The van der Waals surface area contributed by atoms with Crippen molar-refractivity contribution >= 4 is 0 Å². The Morgan fingerprint density at radius 1 is 1.55 bits per heavy atom. The van der Waals surface area contributed by atoms with Crippen LogP contribution in [-0.2, 0) is 10.3 Å². The summed E-state index contributed by atoms with van der Waals surface area (Å²) in [5.74, 6) is 0. The van der Waals surface area contributed by atoms with E-state index in [4.69, 9.17) is 4.74 Å². The van der Waals surface area contributed by atoms with Crippen LogP contribution in [-0.4, -0.2) is 11.6 Å². The zero-order valence-corrected chi connectivity index (χ0v) is 6.79. The van der Waals surface area contributed by atoms with Gasteiger partial charge in [-0.05, 0) is 19.9 Å². The van der Waals surface area contributed by atoms with Crippen molar-refractivity contribution < 1.29 is 4.74 Å². The first-order chi connectivity index (χ1) is 5.21. The standard InChI is InChI=1S/C9H11NO/c1-7-3-4-8(5-10-7)9(2)6-11-9/h3-5H,6H2,1-2H3/t9-/m1/s1. The fraction of sp³-hybridized carbons (Fsp3) is 0.444.